The van der Waals surface area contributed by atoms with Crippen LogP contribution < -0.4 is 4.74 Å². The zero-order chi connectivity index (χ0) is 29.2. The smallest absolute Gasteiger partial charge is 0.410 e. The van der Waals surface area contributed by atoms with Gasteiger partial charge < -0.3 is 23.9 Å². The lowest BCUT2D eigenvalue weighted by Gasteiger charge is -2.45. The quantitative estimate of drug-likeness (QED) is 0.322. The summed E-state index contributed by atoms with van der Waals surface area (Å²) < 4.78 is 17.8. The molecule has 0 saturated carbocycles. The van der Waals surface area contributed by atoms with E-state index in [9.17, 15) is 9.90 Å². The molecule has 1 atom stereocenters. The van der Waals surface area contributed by atoms with Gasteiger partial charge in [-0.2, -0.15) is 0 Å². The van der Waals surface area contributed by atoms with Crippen LogP contribution in [0.5, 0.6) is 5.75 Å². The first kappa shape index (κ1) is 31.7. The second-order valence-corrected chi connectivity index (χ2v) is 18.7. The molecule has 0 radical (unpaired) electrons. The Morgan fingerprint density at radius 3 is 2.38 bits per heavy atom. The SMILES string of the molecule is COc1ccc2ncc(Cl)c([C@H](O)CCC3(CO[Si](C)(C)C(C)(C)C)CCN(C(=O)OC(C)(C)C)CC3)c2c1. The van der Waals surface area contributed by atoms with Crippen molar-refractivity contribution in [2.75, 3.05) is 26.8 Å². The third-order valence-corrected chi connectivity index (χ3v) is 13.2. The van der Waals surface area contributed by atoms with E-state index in [2.05, 4.69) is 38.8 Å². The molecule has 0 unspecified atom stereocenters. The predicted molar refractivity (Wildman–Crippen MR) is 160 cm³/mol. The van der Waals surface area contributed by atoms with Crippen LogP contribution >= 0.6 is 11.6 Å². The van der Waals surface area contributed by atoms with E-state index in [1.807, 2.05) is 39.0 Å². The van der Waals surface area contributed by atoms with E-state index in [0.717, 1.165) is 30.2 Å². The molecule has 2 heterocycles. The third kappa shape index (κ3) is 7.87. The summed E-state index contributed by atoms with van der Waals surface area (Å²) in [7, 11) is -0.377. The van der Waals surface area contributed by atoms with Crippen molar-refractivity contribution in [3.8, 4) is 5.75 Å². The molecule has 1 fully saturated rings. The minimum atomic E-state index is -1.99. The number of nitrogens with zero attached hydrogens (tertiary/aromatic N) is 2. The van der Waals surface area contributed by atoms with Crippen molar-refractivity contribution in [3.63, 3.8) is 0 Å². The highest BCUT2D eigenvalue weighted by Crippen LogP contribution is 2.44. The van der Waals surface area contributed by atoms with Gasteiger partial charge in [0.2, 0.25) is 0 Å². The molecule has 2 aromatic rings. The van der Waals surface area contributed by atoms with Crippen molar-refractivity contribution in [1.82, 2.24) is 9.88 Å². The average molecular weight is 579 g/mol. The Kier molecular flexibility index (Phi) is 9.68. The van der Waals surface area contributed by atoms with Gasteiger partial charge >= 0.3 is 6.09 Å². The molecule has 1 aromatic carbocycles. The number of piperidine rings is 1. The number of ether oxygens (including phenoxy) is 2. The molecule has 7 nitrogen and oxygen atoms in total. The van der Waals surface area contributed by atoms with Crippen molar-refractivity contribution in [2.24, 2.45) is 5.41 Å². The van der Waals surface area contributed by atoms with Crippen molar-refractivity contribution in [3.05, 3.63) is 35.0 Å². The molecule has 218 valence electrons. The molecule has 1 aliphatic rings. The van der Waals surface area contributed by atoms with E-state index in [1.165, 1.54) is 0 Å². The number of hydrogen-bond donors (Lipinski definition) is 1. The summed E-state index contributed by atoms with van der Waals surface area (Å²) in [5, 5.41) is 12.8. The number of amides is 1. The average Bonchev–Trinajstić information content (AvgIpc) is 2.84. The van der Waals surface area contributed by atoms with E-state index < -0.39 is 20.0 Å². The number of rotatable bonds is 8. The number of fused-ring (bicyclic) bond motifs is 1. The monoisotopic (exact) mass is 578 g/mol. The highest BCUT2D eigenvalue weighted by Gasteiger charge is 2.43. The van der Waals surface area contributed by atoms with E-state index in [0.29, 0.717) is 42.5 Å². The van der Waals surface area contributed by atoms with Crippen molar-refractivity contribution in [2.45, 2.75) is 97.1 Å². The van der Waals surface area contributed by atoms with Gasteiger partial charge in [0, 0.05) is 36.8 Å². The molecule has 0 spiro atoms. The number of hydrogen-bond acceptors (Lipinski definition) is 6. The first-order valence-corrected chi connectivity index (χ1v) is 17.2. The van der Waals surface area contributed by atoms with E-state index in [4.69, 9.17) is 25.5 Å². The predicted octanol–water partition coefficient (Wildman–Crippen LogP) is 7.75. The summed E-state index contributed by atoms with van der Waals surface area (Å²) in [6, 6.07) is 5.61. The van der Waals surface area contributed by atoms with Gasteiger partial charge in [0.1, 0.15) is 11.4 Å². The summed E-state index contributed by atoms with van der Waals surface area (Å²) in [5.41, 5.74) is 0.737. The lowest BCUT2D eigenvalue weighted by Crippen LogP contribution is -2.49. The van der Waals surface area contributed by atoms with Crippen LogP contribution in [0.2, 0.25) is 23.2 Å². The van der Waals surface area contributed by atoms with E-state index >= 15 is 0 Å². The Hall–Kier alpha value is -1.87. The van der Waals surface area contributed by atoms with Crippen molar-refractivity contribution < 1.29 is 23.8 Å². The highest BCUT2D eigenvalue weighted by molar-refractivity contribution is 6.74. The summed E-state index contributed by atoms with van der Waals surface area (Å²) in [6.45, 7) is 18.7. The summed E-state index contributed by atoms with van der Waals surface area (Å²) in [5.74, 6) is 0.689. The number of likely N-dealkylation sites (tertiary alicyclic amines) is 1. The maximum Gasteiger partial charge on any atom is 0.410 e. The minimum absolute atomic E-state index is 0.0907. The molecular formula is C30H47ClN2O5Si. The van der Waals surface area contributed by atoms with Crippen LogP contribution in [0.3, 0.4) is 0 Å². The van der Waals surface area contributed by atoms with Crippen LogP contribution in [0.15, 0.2) is 24.4 Å². The fourth-order valence-electron chi connectivity index (χ4n) is 4.73. The lowest BCUT2D eigenvalue weighted by atomic mass is 9.74. The van der Waals surface area contributed by atoms with Crippen LogP contribution in [0.1, 0.15) is 78.9 Å². The van der Waals surface area contributed by atoms with E-state index in [1.54, 1.807) is 18.2 Å². The van der Waals surface area contributed by atoms with Gasteiger partial charge in [-0.3, -0.25) is 4.98 Å². The normalized spacial score (nSPS) is 17.3. The second kappa shape index (κ2) is 11.9. The first-order valence-electron chi connectivity index (χ1n) is 13.9. The molecule has 1 aromatic heterocycles. The zero-order valence-electron chi connectivity index (χ0n) is 25.2. The number of aliphatic hydroxyl groups is 1. The summed E-state index contributed by atoms with van der Waals surface area (Å²) in [4.78, 5) is 19.0. The van der Waals surface area contributed by atoms with E-state index in [-0.39, 0.29) is 16.5 Å². The van der Waals surface area contributed by atoms with Crippen LogP contribution in [-0.2, 0) is 9.16 Å². The molecular weight excluding hydrogens is 532 g/mol. The Morgan fingerprint density at radius 1 is 1.18 bits per heavy atom. The molecule has 39 heavy (non-hydrogen) atoms. The Morgan fingerprint density at radius 2 is 1.82 bits per heavy atom. The highest BCUT2D eigenvalue weighted by atomic mass is 35.5. The fourth-order valence-corrected chi connectivity index (χ4v) is 6.10. The van der Waals surface area contributed by atoms with Crippen LogP contribution in [-0.4, -0.2) is 61.8 Å². The lowest BCUT2D eigenvalue weighted by molar-refractivity contribution is -0.00488. The number of aromatic nitrogens is 1. The van der Waals surface area contributed by atoms with Gasteiger partial charge in [-0.25, -0.2) is 4.79 Å². The number of benzene rings is 1. The summed E-state index contributed by atoms with van der Waals surface area (Å²) >= 11 is 6.59. The molecule has 3 rings (SSSR count). The fraction of sp³-hybridized carbons (Fsp3) is 0.667. The van der Waals surface area contributed by atoms with Crippen LogP contribution in [0.4, 0.5) is 4.79 Å². The van der Waals surface area contributed by atoms with Crippen LogP contribution in [0, 0.1) is 5.41 Å². The number of carbonyl (C=O) groups is 1. The van der Waals surface area contributed by atoms with Gasteiger partial charge in [0.25, 0.3) is 0 Å². The molecule has 0 aliphatic carbocycles. The number of halogens is 1. The van der Waals surface area contributed by atoms with Gasteiger partial charge in [-0.15, -0.1) is 0 Å². The molecule has 1 amide bonds. The minimum Gasteiger partial charge on any atom is -0.497 e. The topological polar surface area (TPSA) is 81.1 Å². The van der Waals surface area contributed by atoms with Crippen molar-refractivity contribution in [1.29, 1.82) is 0 Å². The van der Waals surface area contributed by atoms with Crippen LogP contribution in [0.25, 0.3) is 10.9 Å². The molecule has 9 heteroatoms. The van der Waals surface area contributed by atoms with Gasteiger partial charge in [-0.1, -0.05) is 32.4 Å². The van der Waals surface area contributed by atoms with Gasteiger partial charge in [-0.05, 0) is 88.2 Å². The Bertz CT molecular complexity index is 1150. The standard InChI is InChI=1S/C30H47ClN2O5Si/c1-28(2,3)38-27(35)33-16-14-30(15-17-33,20-37-39(8,9)29(4,5)6)13-12-25(34)26-22-18-21(36-7)10-11-24(22)32-19-23(26)31/h10-11,18-19,25,34H,12-17,20H2,1-9H3/t25-/m1/s1. The first-order chi connectivity index (χ1) is 18.0. The van der Waals surface area contributed by atoms with Gasteiger partial charge in [0.05, 0.1) is 23.8 Å². The number of methoxy groups -OCH3 is 1. The van der Waals surface area contributed by atoms with Gasteiger partial charge in [0.15, 0.2) is 8.32 Å². The molecule has 1 aliphatic heterocycles. The third-order valence-electron chi connectivity index (χ3n) is 8.37. The number of carbonyl (C=O) groups excluding carboxylic acids is 1. The second-order valence-electron chi connectivity index (χ2n) is 13.5. The Balaban J connectivity index is 1.82. The zero-order valence-corrected chi connectivity index (χ0v) is 26.9. The Labute approximate surface area is 240 Å². The maximum absolute atomic E-state index is 12.7. The van der Waals surface area contributed by atoms with Crippen molar-refractivity contribution >= 4 is 36.9 Å². The molecule has 1 saturated heterocycles. The summed E-state index contributed by atoms with van der Waals surface area (Å²) in [6.07, 6.45) is 3.38. The maximum atomic E-state index is 12.7. The molecule has 0 bridgehead atoms. The largest absolute Gasteiger partial charge is 0.497 e. The number of pyridine rings is 1. The molecule has 1 N–H and O–H groups in total. The number of aliphatic hydroxyl groups excluding tert-OH is 1.